The van der Waals surface area contributed by atoms with Gasteiger partial charge >= 0.3 is 0 Å². The molecule has 5 rings (SSSR count). The van der Waals surface area contributed by atoms with E-state index in [1.54, 1.807) is 20.3 Å². The van der Waals surface area contributed by atoms with Gasteiger partial charge in [-0.15, -0.1) is 4.98 Å². The zero-order chi connectivity index (χ0) is 26.4. The average molecular weight is 499 g/mol. The summed E-state index contributed by atoms with van der Waals surface area (Å²) in [6.45, 7) is 13.1. The molecule has 9 heteroatoms. The molecule has 5 heterocycles. The Kier molecular flexibility index (Phi) is 8.11. The monoisotopic (exact) mass is 498 g/mol. The van der Waals surface area contributed by atoms with Crippen molar-refractivity contribution in [1.82, 2.24) is 19.9 Å². The summed E-state index contributed by atoms with van der Waals surface area (Å²) in [4.78, 5) is 28.3. The molecule has 9 nitrogen and oxygen atoms in total. The lowest BCUT2D eigenvalue weighted by Crippen LogP contribution is -2.27. The molecule has 0 bridgehead atoms. The highest BCUT2D eigenvalue weighted by Crippen LogP contribution is 2.37. The highest BCUT2D eigenvalue weighted by molar-refractivity contribution is 5.93. The first-order valence-electron chi connectivity index (χ1n) is 12.1. The minimum atomic E-state index is 0.292. The van der Waals surface area contributed by atoms with Crippen LogP contribution in [0.3, 0.4) is 0 Å². The number of nitrogens with one attached hydrogen (secondary N) is 1. The van der Waals surface area contributed by atoms with Crippen molar-refractivity contribution in [3.8, 4) is 22.7 Å². The van der Waals surface area contributed by atoms with E-state index in [9.17, 15) is 4.79 Å². The van der Waals surface area contributed by atoms with Crippen LogP contribution in [0.5, 0.6) is 0 Å². The van der Waals surface area contributed by atoms with Crippen LogP contribution in [0.2, 0.25) is 0 Å². The van der Waals surface area contributed by atoms with E-state index in [0.29, 0.717) is 28.9 Å². The van der Waals surface area contributed by atoms with Gasteiger partial charge in [-0.3, -0.25) is 14.8 Å². The molecule has 37 heavy (non-hydrogen) atoms. The van der Waals surface area contributed by atoms with Gasteiger partial charge in [0.25, 0.3) is 5.82 Å². The van der Waals surface area contributed by atoms with Gasteiger partial charge in [0.15, 0.2) is 17.0 Å². The van der Waals surface area contributed by atoms with Gasteiger partial charge in [-0.05, 0) is 56.0 Å². The fourth-order valence-corrected chi connectivity index (χ4v) is 4.09. The van der Waals surface area contributed by atoms with Gasteiger partial charge in [0.1, 0.15) is 11.2 Å². The molecule has 1 aliphatic rings. The van der Waals surface area contributed by atoms with E-state index in [-0.39, 0.29) is 0 Å². The fourth-order valence-electron chi connectivity index (χ4n) is 4.09. The summed E-state index contributed by atoms with van der Waals surface area (Å²) >= 11 is 0. The Balaban J connectivity index is 0.000000586. The third-order valence-corrected chi connectivity index (χ3v) is 6.00. The van der Waals surface area contributed by atoms with Crippen LogP contribution in [0.1, 0.15) is 24.0 Å². The first-order chi connectivity index (χ1) is 17.9. The standard InChI is InChI=1S/C25H23N5O2.C3H7NO/c1-15-5-4-10-27-23(15)21-13-20-24(32-21)22(16(2)14-28-20)18-6-7-19(25(26-3)30-18)29-17-8-11-31-12-9-17;1-4(2)3-5/h4-7,10,13-14,17,29H,8-9,11-12H2,1-2H3;3H,1-2H3. The third-order valence-electron chi connectivity index (χ3n) is 6.00. The zero-order valence-corrected chi connectivity index (χ0v) is 21.5. The van der Waals surface area contributed by atoms with Gasteiger partial charge in [-0.2, -0.15) is 0 Å². The molecule has 0 radical (unpaired) electrons. The topological polar surface area (TPSA) is 97.7 Å². The molecule has 0 atom stereocenters. The van der Waals surface area contributed by atoms with Crippen molar-refractivity contribution in [3.05, 3.63) is 65.3 Å². The number of carbonyl (C=O) groups excluding carboxylic acids is 1. The molecule has 0 saturated carbocycles. The number of hydrogen-bond donors (Lipinski definition) is 1. The molecule has 0 spiro atoms. The Hall–Kier alpha value is -4.29. The summed E-state index contributed by atoms with van der Waals surface area (Å²) < 4.78 is 11.7. The molecule has 0 unspecified atom stereocenters. The van der Waals surface area contributed by atoms with Crippen LogP contribution < -0.4 is 5.32 Å². The quantitative estimate of drug-likeness (QED) is 0.290. The highest BCUT2D eigenvalue weighted by Gasteiger charge is 2.21. The van der Waals surface area contributed by atoms with Crippen LogP contribution in [0, 0.1) is 20.4 Å². The summed E-state index contributed by atoms with van der Waals surface area (Å²) in [5.74, 6) is 1.02. The Morgan fingerprint density at radius 2 is 1.89 bits per heavy atom. The zero-order valence-electron chi connectivity index (χ0n) is 21.5. The van der Waals surface area contributed by atoms with Gasteiger partial charge in [0, 0.05) is 51.8 Å². The van der Waals surface area contributed by atoms with Crippen molar-refractivity contribution in [1.29, 1.82) is 0 Å². The van der Waals surface area contributed by atoms with Gasteiger partial charge in [-0.25, -0.2) is 0 Å². The lowest BCUT2D eigenvalue weighted by molar-refractivity contribution is -0.115. The number of aryl methyl sites for hydroxylation is 2. The van der Waals surface area contributed by atoms with E-state index in [0.717, 1.165) is 66.1 Å². The van der Waals surface area contributed by atoms with Crippen molar-refractivity contribution in [2.45, 2.75) is 32.7 Å². The van der Waals surface area contributed by atoms with E-state index in [2.05, 4.69) is 25.1 Å². The number of ether oxygens (including phenoxy) is 1. The molecule has 1 N–H and O–H groups in total. The summed E-state index contributed by atoms with van der Waals surface area (Å²) in [7, 11) is 3.38. The van der Waals surface area contributed by atoms with E-state index >= 15 is 0 Å². The number of pyridine rings is 3. The normalized spacial score (nSPS) is 13.4. The van der Waals surface area contributed by atoms with Gasteiger partial charge in [-0.1, -0.05) is 12.6 Å². The van der Waals surface area contributed by atoms with Crippen LogP contribution >= 0.6 is 0 Å². The van der Waals surface area contributed by atoms with Crippen molar-refractivity contribution in [2.75, 3.05) is 32.6 Å². The van der Waals surface area contributed by atoms with E-state index in [4.69, 9.17) is 15.7 Å². The molecule has 1 saturated heterocycles. The Bertz CT molecular complexity index is 1430. The molecule has 0 aliphatic carbocycles. The molecule has 1 aliphatic heterocycles. The smallest absolute Gasteiger partial charge is 0.293 e. The van der Waals surface area contributed by atoms with Crippen molar-refractivity contribution in [2.24, 2.45) is 0 Å². The molecule has 0 aromatic carbocycles. The second-order valence-corrected chi connectivity index (χ2v) is 9.09. The molecule has 1 amide bonds. The first kappa shape index (κ1) is 25.8. The number of hydrogen-bond acceptors (Lipinski definition) is 7. The van der Waals surface area contributed by atoms with E-state index in [1.807, 2.05) is 50.4 Å². The van der Waals surface area contributed by atoms with Gasteiger partial charge in [0.2, 0.25) is 6.41 Å². The number of furan rings is 1. The fraction of sp³-hybridized carbons (Fsp3) is 0.321. The number of anilines is 1. The maximum absolute atomic E-state index is 9.43. The van der Waals surface area contributed by atoms with Crippen LogP contribution in [-0.2, 0) is 9.53 Å². The van der Waals surface area contributed by atoms with Gasteiger partial charge < -0.3 is 24.2 Å². The minimum Gasteiger partial charge on any atom is -0.452 e. The van der Waals surface area contributed by atoms with E-state index in [1.165, 1.54) is 4.90 Å². The number of carbonyl (C=O) groups is 1. The molecule has 190 valence electrons. The van der Waals surface area contributed by atoms with Crippen LogP contribution in [-0.4, -0.2) is 59.6 Å². The molecule has 1 fully saturated rings. The summed E-state index contributed by atoms with van der Waals surface area (Å²) in [6.07, 6.45) is 6.16. The summed E-state index contributed by atoms with van der Waals surface area (Å²) in [6, 6.07) is 9.98. The van der Waals surface area contributed by atoms with Crippen molar-refractivity contribution < 1.29 is 13.9 Å². The lowest BCUT2D eigenvalue weighted by atomic mass is 10.1. The predicted octanol–water partition coefficient (Wildman–Crippen LogP) is 5.41. The predicted molar refractivity (Wildman–Crippen MR) is 143 cm³/mol. The maximum atomic E-state index is 9.43. The number of aromatic nitrogens is 3. The van der Waals surface area contributed by atoms with Gasteiger partial charge in [0.05, 0.1) is 11.3 Å². The number of amides is 1. The largest absolute Gasteiger partial charge is 0.452 e. The Morgan fingerprint density at radius 1 is 1.14 bits per heavy atom. The Morgan fingerprint density at radius 3 is 2.57 bits per heavy atom. The van der Waals surface area contributed by atoms with E-state index < -0.39 is 0 Å². The second kappa shape index (κ2) is 11.6. The van der Waals surface area contributed by atoms with Crippen LogP contribution in [0.4, 0.5) is 11.5 Å². The number of fused-ring (bicyclic) bond motifs is 1. The summed E-state index contributed by atoms with van der Waals surface area (Å²) in [5, 5.41) is 3.46. The number of nitrogens with zero attached hydrogens (tertiary/aromatic N) is 5. The second-order valence-electron chi connectivity index (χ2n) is 9.09. The molecule has 4 aromatic rings. The van der Waals surface area contributed by atoms with Crippen molar-refractivity contribution >= 4 is 29.0 Å². The first-order valence-corrected chi connectivity index (χ1v) is 12.1. The van der Waals surface area contributed by atoms with Crippen LogP contribution in [0.15, 0.2) is 47.1 Å². The van der Waals surface area contributed by atoms with Crippen molar-refractivity contribution in [3.63, 3.8) is 0 Å². The third kappa shape index (κ3) is 5.93. The molecular weight excluding hydrogens is 468 g/mol. The lowest BCUT2D eigenvalue weighted by Gasteiger charge is -2.24. The van der Waals surface area contributed by atoms with Crippen LogP contribution in [0.25, 0.3) is 38.7 Å². The number of rotatable bonds is 5. The molecule has 4 aromatic heterocycles. The summed E-state index contributed by atoms with van der Waals surface area (Å²) in [5.41, 5.74) is 6.43. The SMILES string of the molecule is CN(C)C=O.[C-]#[N+]c1nc(-c2c(C)cnc3cc(-c4ncccc4C)oc23)ccc1NC1CCOCC1. The highest BCUT2D eigenvalue weighted by atomic mass is 16.5. The minimum absolute atomic E-state index is 0.292. The molecular formula is C28H30N6O3. The maximum Gasteiger partial charge on any atom is 0.293 e. The Labute approximate surface area is 216 Å². The average Bonchev–Trinajstić information content (AvgIpc) is 3.34.